The lowest BCUT2D eigenvalue weighted by molar-refractivity contribution is -0.137. The molecule has 1 amide bonds. The van der Waals surface area contributed by atoms with E-state index in [0.29, 0.717) is 24.4 Å². The van der Waals surface area contributed by atoms with Crippen LogP contribution in [0, 0.1) is 5.53 Å². The number of alkyl halides is 4. The second-order valence-corrected chi connectivity index (χ2v) is 9.02. The zero-order valence-corrected chi connectivity index (χ0v) is 19.9. The number of carbonyl (C=O) groups is 1. The van der Waals surface area contributed by atoms with Crippen molar-refractivity contribution in [3.8, 4) is 0 Å². The molecule has 1 N–H and O–H groups in total. The molecule has 8 nitrogen and oxygen atoms in total. The van der Waals surface area contributed by atoms with Crippen molar-refractivity contribution in [3.63, 3.8) is 0 Å². The van der Waals surface area contributed by atoms with E-state index in [1.165, 1.54) is 6.07 Å². The van der Waals surface area contributed by atoms with Crippen molar-refractivity contribution in [2.75, 3.05) is 29.9 Å². The fourth-order valence-electron chi connectivity index (χ4n) is 4.40. The van der Waals surface area contributed by atoms with E-state index in [1.807, 2.05) is 0 Å². The van der Waals surface area contributed by atoms with Gasteiger partial charge in [-0.25, -0.2) is 9.37 Å². The van der Waals surface area contributed by atoms with Crippen LogP contribution in [0.2, 0.25) is 0 Å². The summed E-state index contributed by atoms with van der Waals surface area (Å²) in [6.45, 7) is 2.03. The number of hydrogen-bond donors (Lipinski definition) is 1. The predicted molar refractivity (Wildman–Crippen MR) is 127 cm³/mol. The largest absolute Gasteiger partial charge is 0.417 e. The van der Waals surface area contributed by atoms with Gasteiger partial charge in [0.05, 0.1) is 18.2 Å². The molecule has 12 heteroatoms. The quantitative estimate of drug-likeness (QED) is 0.194. The first-order chi connectivity index (χ1) is 17.1. The van der Waals surface area contributed by atoms with Crippen molar-refractivity contribution < 1.29 is 22.4 Å². The topological polar surface area (TPSA) is 88.2 Å². The fraction of sp³-hybridized carbons (Fsp3) is 0.458. The van der Waals surface area contributed by atoms with Gasteiger partial charge in [-0.3, -0.25) is 4.79 Å². The van der Waals surface area contributed by atoms with Crippen molar-refractivity contribution in [1.29, 1.82) is 5.53 Å². The van der Waals surface area contributed by atoms with Crippen LogP contribution in [0.15, 0.2) is 52.9 Å². The molecule has 2 atom stereocenters. The van der Waals surface area contributed by atoms with Crippen LogP contribution < -0.4 is 9.80 Å². The van der Waals surface area contributed by atoms with Gasteiger partial charge in [0.15, 0.2) is 0 Å². The maximum Gasteiger partial charge on any atom is 0.417 e. The van der Waals surface area contributed by atoms with Crippen LogP contribution in [0.4, 0.5) is 29.1 Å². The van der Waals surface area contributed by atoms with E-state index in [9.17, 15) is 18.0 Å². The Bertz CT molecular complexity index is 1120. The second kappa shape index (κ2) is 10.2. The molecule has 0 spiro atoms. The first-order valence-corrected chi connectivity index (χ1v) is 11.6. The molecule has 1 aromatic heterocycles. The summed E-state index contributed by atoms with van der Waals surface area (Å²) in [6.07, 6.45) is -3.13. The average Bonchev–Trinajstić information content (AvgIpc) is 3.69. The van der Waals surface area contributed by atoms with Crippen molar-refractivity contribution in [2.24, 2.45) is 10.3 Å². The highest BCUT2D eigenvalue weighted by atomic mass is 19.4. The first-order valence-electron chi connectivity index (χ1n) is 11.6. The number of carbonyl (C=O) groups excluding carboxylic acids is 1. The summed E-state index contributed by atoms with van der Waals surface area (Å²) in [5.41, 5.74) is 7.21. The van der Waals surface area contributed by atoms with Gasteiger partial charge in [-0.1, -0.05) is 5.22 Å². The molecule has 4 rings (SSSR count). The molecule has 1 aliphatic carbocycles. The van der Waals surface area contributed by atoms with Crippen LogP contribution in [0.5, 0.6) is 0 Å². The third kappa shape index (κ3) is 5.47. The van der Waals surface area contributed by atoms with Gasteiger partial charge in [-0.2, -0.15) is 18.7 Å². The highest BCUT2D eigenvalue weighted by molar-refractivity contribution is 5.97. The maximum absolute atomic E-state index is 15.4. The number of nitrogens with zero attached hydrogens (tertiary/aromatic N) is 6. The van der Waals surface area contributed by atoms with E-state index < -0.39 is 24.0 Å². The molecule has 2 aromatic rings. The lowest BCUT2D eigenvalue weighted by Gasteiger charge is -2.41. The monoisotopic (exact) mass is 505 g/mol. The van der Waals surface area contributed by atoms with E-state index in [4.69, 9.17) is 5.53 Å². The predicted octanol–water partition coefficient (Wildman–Crippen LogP) is 5.12. The Labute approximate surface area is 206 Å². The Kier molecular flexibility index (Phi) is 7.23. The molecule has 0 bridgehead atoms. The number of amidine groups is 1. The van der Waals surface area contributed by atoms with Crippen LogP contribution in [-0.2, 0) is 6.18 Å². The molecule has 0 radical (unpaired) electrons. The third-order valence-corrected chi connectivity index (χ3v) is 6.62. The van der Waals surface area contributed by atoms with Crippen LogP contribution in [0.25, 0.3) is 0 Å². The minimum absolute atomic E-state index is 0.0214. The minimum Gasteiger partial charge on any atom is -0.354 e. The lowest BCUT2D eigenvalue weighted by Crippen LogP contribution is -2.55. The summed E-state index contributed by atoms with van der Waals surface area (Å²) in [6, 6.07) is 8.44. The van der Waals surface area contributed by atoms with Gasteiger partial charge >= 0.3 is 6.18 Å². The average molecular weight is 506 g/mol. The van der Waals surface area contributed by atoms with Gasteiger partial charge in [0.25, 0.3) is 5.91 Å². The molecule has 1 aromatic carbocycles. The van der Waals surface area contributed by atoms with Crippen LogP contribution >= 0.6 is 0 Å². The molecule has 0 unspecified atom stereocenters. The molecular weight excluding hydrogens is 478 g/mol. The molecule has 1 saturated carbocycles. The molecule has 2 heterocycles. The van der Waals surface area contributed by atoms with Crippen LogP contribution in [0.3, 0.4) is 0 Å². The Morgan fingerprint density at radius 3 is 2.36 bits per heavy atom. The van der Waals surface area contributed by atoms with E-state index in [-0.39, 0.29) is 24.3 Å². The Hall–Kier alpha value is -3.57. The summed E-state index contributed by atoms with van der Waals surface area (Å²) in [4.78, 5) is 22.3. The standard InChI is InChI=1S/C24H27F4N7O/c1-15(31-32-29)33(2)18-6-3-16(4-7-18)23(36)35(19-8-9-19)21-11-12-34(14-20(21)25)22-10-5-17(13-30-22)24(26,27)28/h3-7,10,13,19-21,29H,8-9,11-12,14H2,1-2H3/b31-15-,32-29?/t20-,21+/m0/s1. The van der Waals surface area contributed by atoms with Crippen molar-refractivity contribution >= 4 is 23.2 Å². The maximum atomic E-state index is 15.4. The zero-order chi connectivity index (χ0) is 26.0. The Morgan fingerprint density at radius 1 is 1.14 bits per heavy atom. The number of rotatable bonds is 6. The molecular formula is C24H27F4N7O. The number of nitrogens with one attached hydrogen (secondary N) is 1. The van der Waals surface area contributed by atoms with E-state index in [0.717, 1.165) is 30.8 Å². The summed E-state index contributed by atoms with van der Waals surface area (Å²) < 4.78 is 53.9. The normalized spacial score (nSPS) is 20.7. The number of halogens is 4. The fourth-order valence-corrected chi connectivity index (χ4v) is 4.40. The summed E-state index contributed by atoms with van der Waals surface area (Å²) in [5.74, 6) is 0.551. The van der Waals surface area contributed by atoms with Gasteiger partial charge in [0, 0.05) is 37.1 Å². The van der Waals surface area contributed by atoms with E-state index >= 15 is 4.39 Å². The summed E-state index contributed by atoms with van der Waals surface area (Å²) >= 11 is 0. The molecule has 2 aliphatic rings. The number of piperidine rings is 1. The van der Waals surface area contributed by atoms with Gasteiger partial charge in [-0.05, 0) is 62.6 Å². The summed E-state index contributed by atoms with van der Waals surface area (Å²) in [5, 5.41) is 6.71. The second-order valence-electron chi connectivity index (χ2n) is 9.02. The number of amides is 1. The van der Waals surface area contributed by atoms with Gasteiger partial charge in [0.2, 0.25) is 0 Å². The van der Waals surface area contributed by atoms with Crippen molar-refractivity contribution in [2.45, 2.75) is 50.6 Å². The molecule has 1 aliphatic heterocycles. The van der Waals surface area contributed by atoms with Crippen molar-refractivity contribution in [3.05, 3.63) is 53.7 Å². The number of pyridine rings is 1. The number of hydrogen-bond acceptors (Lipinski definition) is 5. The summed E-state index contributed by atoms with van der Waals surface area (Å²) in [7, 11) is 1.77. The van der Waals surface area contributed by atoms with Crippen LogP contribution in [-0.4, -0.2) is 60.0 Å². The Morgan fingerprint density at radius 2 is 1.83 bits per heavy atom. The molecule has 36 heavy (non-hydrogen) atoms. The van der Waals surface area contributed by atoms with E-state index in [1.54, 1.807) is 52.9 Å². The van der Waals surface area contributed by atoms with Gasteiger partial charge in [-0.15, -0.1) is 5.10 Å². The van der Waals surface area contributed by atoms with Crippen molar-refractivity contribution in [1.82, 2.24) is 9.88 Å². The Balaban J connectivity index is 1.46. The van der Waals surface area contributed by atoms with Gasteiger partial charge < -0.3 is 14.7 Å². The highest BCUT2D eigenvalue weighted by Crippen LogP contribution is 2.35. The lowest BCUT2D eigenvalue weighted by atomic mass is 9.99. The molecule has 192 valence electrons. The first kappa shape index (κ1) is 25.5. The van der Waals surface area contributed by atoms with Gasteiger partial charge in [0.1, 0.15) is 17.8 Å². The SMILES string of the molecule is C/C(=N/N=N)N(C)c1ccc(C(=O)N(C2CC2)[C@@H]2CCN(c3ccc(C(F)(F)F)cn3)C[C@@H]2F)cc1. The zero-order valence-electron chi connectivity index (χ0n) is 19.9. The smallest absolute Gasteiger partial charge is 0.354 e. The van der Waals surface area contributed by atoms with E-state index in [2.05, 4.69) is 15.3 Å². The number of benzene rings is 1. The number of aromatic nitrogens is 1. The third-order valence-electron chi connectivity index (χ3n) is 6.62. The van der Waals surface area contributed by atoms with Crippen LogP contribution in [0.1, 0.15) is 42.1 Å². The minimum atomic E-state index is -4.48. The molecule has 2 fully saturated rings. The highest BCUT2D eigenvalue weighted by Gasteiger charge is 2.43. The number of anilines is 2. The molecule has 1 saturated heterocycles.